The lowest BCUT2D eigenvalue weighted by molar-refractivity contribution is -0.247. The minimum Gasteiger partial charge on any atom is -0.393 e. The smallest absolute Gasteiger partial charge is 0.164 e. The number of hydrogen-bond acceptors (Lipinski definition) is 4. The average molecular weight is 363 g/mol. The Morgan fingerprint density at radius 3 is 2.46 bits per heavy atom. The molecule has 0 aromatic rings. The van der Waals surface area contributed by atoms with E-state index in [1.807, 2.05) is 0 Å². The molecule has 0 unspecified atom stereocenters. The van der Waals surface area contributed by atoms with Crippen molar-refractivity contribution in [3.63, 3.8) is 0 Å². The summed E-state index contributed by atoms with van der Waals surface area (Å²) in [4.78, 5) is 12.5. The first kappa shape index (κ1) is 17.6. The highest BCUT2D eigenvalue weighted by molar-refractivity contribution is 5.90. The standard InChI is InChI=1S/C22H34O4/c1-12-9-15-16(19(3)7-5-14(24)11-21(12,19)25)6-8-20(4)17(15)10-18-22(20,26-18)13(2)23/h12,14-18,24-25H,5-11H2,1-4H3/t12-,14-,15-,16+,17+,18+,19-,20+,21+,22+/m1/s1. The molecule has 26 heavy (non-hydrogen) atoms. The van der Waals surface area contributed by atoms with E-state index in [0.29, 0.717) is 24.2 Å². The van der Waals surface area contributed by atoms with E-state index >= 15 is 0 Å². The van der Waals surface area contributed by atoms with Crippen LogP contribution in [0, 0.1) is 34.5 Å². The van der Waals surface area contributed by atoms with Crippen LogP contribution in [0.25, 0.3) is 0 Å². The summed E-state index contributed by atoms with van der Waals surface area (Å²) >= 11 is 0. The summed E-state index contributed by atoms with van der Waals surface area (Å²) in [7, 11) is 0. The van der Waals surface area contributed by atoms with Crippen molar-refractivity contribution < 1.29 is 19.7 Å². The fourth-order valence-electron chi connectivity index (χ4n) is 8.72. The molecule has 4 nitrogen and oxygen atoms in total. The fourth-order valence-corrected chi connectivity index (χ4v) is 8.72. The number of aliphatic hydroxyl groups excluding tert-OH is 1. The third-order valence-corrected chi connectivity index (χ3v) is 10.2. The second kappa shape index (κ2) is 4.93. The number of aliphatic hydroxyl groups is 2. The topological polar surface area (TPSA) is 70.1 Å². The van der Waals surface area contributed by atoms with E-state index in [1.165, 1.54) is 0 Å². The van der Waals surface area contributed by atoms with Gasteiger partial charge in [0.1, 0.15) is 0 Å². The molecule has 1 heterocycles. The molecule has 146 valence electrons. The molecule has 5 rings (SSSR count). The maximum atomic E-state index is 12.5. The summed E-state index contributed by atoms with van der Waals surface area (Å²) in [6, 6.07) is 0. The minimum absolute atomic E-state index is 0.0373. The van der Waals surface area contributed by atoms with E-state index < -0.39 is 11.2 Å². The molecule has 0 spiro atoms. The van der Waals surface area contributed by atoms with Gasteiger partial charge in [0, 0.05) is 11.8 Å². The van der Waals surface area contributed by atoms with Crippen LogP contribution < -0.4 is 0 Å². The second-order valence-electron chi connectivity index (χ2n) is 10.8. The van der Waals surface area contributed by atoms with Gasteiger partial charge in [0.15, 0.2) is 11.4 Å². The summed E-state index contributed by atoms with van der Waals surface area (Å²) in [6.07, 6.45) is 6.14. The van der Waals surface area contributed by atoms with Gasteiger partial charge in [-0.3, -0.25) is 4.79 Å². The Kier molecular flexibility index (Phi) is 3.34. The van der Waals surface area contributed by atoms with Gasteiger partial charge in [-0.2, -0.15) is 0 Å². The van der Waals surface area contributed by atoms with Crippen molar-refractivity contribution in [2.24, 2.45) is 34.5 Å². The number of carbonyl (C=O) groups is 1. The van der Waals surface area contributed by atoms with Crippen molar-refractivity contribution >= 4 is 5.78 Å². The normalized spacial score (nSPS) is 63.3. The lowest BCUT2D eigenvalue weighted by Crippen LogP contribution is -2.66. The predicted octanol–water partition coefficient (Wildman–Crippen LogP) is 3.09. The molecule has 2 N–H and O–H groups in total. The van der Waals surface area contributed by atoms with E-state index in [-0.39, 0.29) is 34.7 Å². The van der Waals surface area contributed by atoms with E-state index in [9.17, 15) is 15.0 Å². The summed E-state index contributed by atoms with van der Waals surface area (Å²) in [5, 5.41) is 21.9. The average Bonchev–Trinajstić information content (AvgIpc) is 3.24. The molecule has 5 fully saturated rings. The van der Waals surface area contributed by atoms with E-state index in [4.69, 9.17) is 4.74 Å². The third-order valence-electron chi connectivity index (χ3n) is 10.2. The van der Waals surface area contributed by atoms with Crippen molar-refractivity contribution in [3.05, 3.63) is 0 Å². The molecule has 5 aliphatic rings. The highest BCUT2D eigenvalue weighted by atomic mass is 16.6. The molecule has 0 aromatic heterocycles. The third kappa shape index (κ3) is 1.72. The van der Waals surface area contributed by atoms with Crippen molar-refractivity contribution in [2.75, 3.05) is 0 Å². The van der Waals surface area contributed by atoms with Gasteiger partial charge in [-0.15, -0.1) is 0 Å². The van der Waals surface area contributed by atoms with E-state index in [0.717, 1.165) is 38.5 Å². The number of hydrogen-bond donors (Lipinski definition) is 2. The first-order chi connectivity index (χ1) is 12.1. The van der Waals surface area contributed by atoms with Crippen molar-refractivity contribution in [1.29, 1.82) is 0 Å². The predicted molar refractivity (Wildman–Crippen MR) is 97.4 cm³/mol. The summed E-state index contributed by atoms with van der Waals surface area (Å²) in [5.41, 5.74) is -1.42. The van der Waals surface area contributed by atoms with Gasteiger partial charge in [-0.25, -0.2) is 0 Å². The van der Waals surface area contributed by atoms with Crippen LogP contribution in [0.4, 0.5) is 0 Å². The minimum atomic E-state index is -0.754. The Hall–Kier alpha value is -0.450. The number of Topliss-reactive ketones (excluding diaryl/α,β-unsaturated/α-hetero) is 1. The lowest BCUT2D eigenvalue weighted by Gasteiger charge is -2.66. The Bertz CT molecular complexity index is 663. The van der Waals surface area contributed by atoms with Crippen LogP contribution in [-0.4, -0.2) is 39.4 Å². The molecule has 0 bridgehead atoms. The van der Waals surface area contributed by atoms with Crippen LogP contribution in [0.2, 0.25) is 0 Å². The lowest BCUT2D eigenvalue weighted by atomic mass is 9.41. The van der Waals surface area contributed by atoms with Crippen molar-refractivity contribution in [2.45, 2.75) is 96.1 Å². The molecule has 4 saturated carbocycles. The number of ether oxygens (including phenoxy) is 1. The van der Waals surface area contributed by atoms with Crippen LogP contribution in [0.1, 0.15) is 72.6 Å². The zero-order chi connectivity index (χ0) is 18.7. The maximum Gasteiger partial charge on any atom is 0.164 e. The number of fused-ring (bicyclic) bond motifs is 7. The molecule has 1 aliphatic heterocycles. The molecule has 1 saturated heterocycles. The van der Waals surface area contributed by atoms with Crippen LogP contribution in [0.15, 0.2) is 0 Å². The van der Waals surface area contributed by atoms with Gasteiger partial charge in [-0.1, -0.05) is 20.8 Å². The Morgan fingerprint density at radius 2 is 1.77 bits per heavy atom. The Labute approximate surface area is 156 Å². The zero-order valence-electron chi connectivity index (χ0n) is 16.6. The van der Waals surface area contributed by atoms with E-state index in [1.54, 1.807) is 6.92 Å². The fraction of sp³-hybridized carbons (Fsp3) is 0.955. The first-order valence-corrected chi connectivity index (χ1v) is 10.7. The van der Waals surface area contributed by atoms with Crippen LogP contribution >= 0.6 is 0 Å². The van der Waals surface area contributed by atoms with Crippen LogP contribution in [0.5, 0.6) is 0 Å². The molecule has 0 radical (unpaired) electrons. The highest BCUT2D eigenvalue weighted by Crippen LogP contribution is 2.74. The first-order valence-electron chi connectivity index (χ1n) is 10.7. The van der Waals surface area contributed by atoms with Gasteiger partial charge >= 0.3 is 0 Å². The molecule has 0 aromatic carbocycles. The van der Waals surface area contributed by atoms with E-state index in [2.05, 4.69) is 20.8 Å². The van der Waals surface area contributed by atoms with Crippen molar-refractivity contribution in [1.82, 2.24) is 0 Å². The second-order valence-corrected chi connectivity index (χ2v) is 10.8. The van der Waals surface area contributed by atoms with Gasteiger partial charge < -0.3 is 14.9 Å². The van der Waals surface area contributed by atoms with Gasteiger partial charge in [0.05, 0.1) is 17.8 Å². The van der Waals surface area contributed by atoms with Crippen molar-refractivity contribution in [3.8, 4) is 0 Å². The van der Waals surface area contributed by atoms with Gasteiger partial charge in [-0.05, 0) is 74.5 Å². The number of epoxide rings is 1. The number of rotatable bonds is 1. The SMILES string of the molecule is CC(=O)[C@]12O[C@H]1C[C@H]1[C@@H]3C[C@@H](C)[C@@]4(O)C[C@H](O)CC[C@]4(C)[C@H]3CC[C@@]12C. The van der Waals surface area contributed by atoms with Crippen LogP contribution in [-0.2, 0) is 9.53 Å². The molecule has 10 atom stereocenters. The number of carbonyl (C=O) groups excluding carboxylic acids is 1. The maximum absolute atomic E-state index is 12.5. The Balaban J connectivity index is 1.53. The largest absolute Gasteiger partial charge is 0.393 e. The van der Waals surface area contributed by atoms with Gasteiger partial charge in [0.2, 0.25) is 0 Å². The highest BCUT2D eigenvalue weighted by Gasteiger charge is 2.80. The molecule has 4 aliphatic carbocycles. The summed E-state index contributed by atoms with van der Waals surface area (Å²) in [5.74, 6) is 2.00. The number of ketones is 1. The monoisotopic (exact) mass is 362 g/mol. The van der Waals surface area contributed by atoms with Crippen LogP contribution in [0.3, 0.4) is 0 Å². The summed E-state index contributed by atoms with van der Waals surface area (Å²) in [6.45, 7) is 8.50. The molecular weight excluding hydrogens is 328 g/mol. The Morgan fingerprint density at radius 1 is 1.08 bits per heavy atom. The summed E-state index contributed by atoms with van der Waals surface area (Å²) < 4.78 is 6.01. The molecular formula is C22H34O4. The van der Waals surface area contributed by atoms with Gasteiger partial charge in [0.25, 0.3) is 0 Å². The molecule has 4 heteroatoms. The zero-order valence-corrected chi connectivity index (χ0v) is 16.6. The molecule has 0 amide bonds. The quantitative estimate of drug-likeness (QED) is 0.703.